The third kappa shape index (κ3) is 9.37. The molecule has 0 unspecified atom stereocenters. The van der Waals surface area contributed by atoms with Gasteiger partial charge in [-0.15, -0.1) is 0 Å². The zero-order valence-corrected chi connectivity index (χ0v) is 24.1. The highest BCUT2D eigenvalue weighted by molar-refractivity contribution is 5.86. The van der Waals surface area contributed by atoms with Crippen LogP contribution in [-0.2, 0) is 33.7 Å². The van der Waals surface area contributed by atoms with Gasteiger partial charge in [-0.25, -0.2) is 0 Å². The molecule has 0 saturated carbocycles. The van der Waals surface area contributed by atoms with Crippen LogP contribution in [0.2, 0.25) is 0 Å². The lowest BCUT2D eigenvalue weighted by atomic mass is 10.1. The number of carbonyl (C=O) groups excluding carboxylic acids is 2. The standard InChI is InChI=1S/C32H41N3O6/c1-38-29-12-11-27(22-30(29)39-2)13-16-35(24-28-10-6-19-41-28)32(37)25-34(15-7-14-33-17-20-40-21-18-33)31(36)23-26-8-4-3-5-9-26/h3-6,8-12,19,22H,7,13-18,20-21,23-25H2,1-2H3. The van der Waals surface area contributed by atoms with E-state index in [1.54, 1.807) is 30.3 Å². The Morgan fingerprint density at radius 1 is 0.854 bits per heavy atom. The average molecular weight is 564 g/mol. The molecule has 0 radical (unpaired) electrons. The fraction of sp³-hybridized carbons (Fsp3) is 0.438. The van der Waals surface area contributed by atoms with Crippen molar-refractivity contribution in [1.29, 1.82) is 0 Å². The molecule has 0 N–H and O–H groups in total. The number of furan rings is 1. The molecule has 2 aromatic carbocycles. The zero-order valence-electron chi connectivity index (χ0n) is 24.1. The summed E-state index contributed by atoms with van der Waals surface area (Å²) in [5, 5.41) is 0. The smallest absolute Gasteiger partial charge is 0.242 e. The van der Waals surface area contributed by atoms with Crippen LogP contribution >= 0.6 is 0 Å². The number of hydrogen-bond donors (Lipinski definition) is 0. The predicted molar refractivity (Wildman–Crippen MR) is 156 cm³/mol. The van der Waals surface area contributed by atoms with Gasteiger partial charge < -0.3 is 28.4 Å². The predicted octanol–water partition coefficient (Wildman–Crippen LogP) is 3.66. The van der Waals surface area contributed by atoms with Crippen molar-refractivity contribution in [1.82, 2.24) is 14.7 Å². The molecular weight excluding hydrogens is 522 g/mol. The highest BCUT2D eigenvalue weighted by Crippen LogP contribution is 2.27. The summed E-state index contributed by atoms with van der Waals surface area (Å²) in [7, 11) is 3.21. The largest absolute Gasteiger partial charge is 0.493 e. The highest BCUT2D eigenvalue weighted by atomic mass is 16.5. The Balaban J connectivity index is 1.45. The molecule has 1 saturated heterocycles. The fourth-order valence-electron chi connectivity index (χ4n) is 4.93. The van der Waals surface area contributed by atoms with E-state index >= 15 is 0 Å². The highest BCUT2D eigenvalue weighted by Gasteiger charge is 2.23. The summed E-state index contributed by atoms with van der Waals surface area (Å²) < 4.78 is 21.8. The number of methoxy groups -OCH3 is 2. The topological polar surface area (TPSA) is 84.7 Å². The van der Waals surface area contributed by atoms with Crippen molar-refractivity contribution in [2.75, 3.05) is 66.7 Å². The number of ether oxygens (including phenoxy) is 3. The van der Waals surface area contributed by atoms with E-state index in [1.807, 2.05) is 60.7 Å². The third-order valence-electron chi connectivity index (χ3n) is 7.28. The van der Waals surface area contributed by atoms with E-state index < -0.39 is 0 Å². The molecule has 9 nitrogen and oxygen atoms in total. The molecule has 220 valence electrons. The Kier molecular flexibility index (Phi) is 11.6. The monoisotopic (exact) mass is 563 g/mol. The summed E-state index contributed by atoms with van der Waals surface area (Å²) in [5.41, 5.74) is 1.95. The van der Waals surface area contributed by atoms with E-state index in [0.29, 0.717) is 43.3 Å². The van der Waals surface area contributed by atoms with Gasteiger partial charge in [0.1, 0.15) is 5.76 Å². The minimum Gasteiger partial charge on any atom is -0.493 e. The SMILES string of the molecule is COc1ccc(CCN(Cc2ccco2)C(=O)CN(CCCN2CCOCC2)C(=O)Cc2ccccc2)cc1OC. The minimum absolute atomic E-state index is 0.0153. The van der Waals surface area contributed by atoms with Gasteiger partial charge in [-0.05, 0) is 48.2 Å². The van der Waals surface area contributed by atoms with Gasteiger partial charge in [0.2, 0.25) is 11.8 Å². The van der Waals surface area contributed by atoms with E-state index in [4.69, 9.17) is 18.6 Å². The van der Waals surface area contributed by atoms with Gasteiger partial charge in [0.05, 0.1) is 53.2 Å². The molecule has 3 aromatic rings. The van der Waals surface area contributed by atoms with Crippen molar-refractivity contribution in [2.24, 2.45) is 0 Å². The van der Waals surface area contributed by atoms with Crippen LogP contribution in [0.4, 0.5) is 0 Å². The molecule has 0 spiro atoms. The van der Waals surface area contributed by atoms with E-state index in [2.05, 4.69) is 4.90 Å². The quantitative estimate of drug-likeness (QED) is 0.279. The second-order valence-electron chi connectivity index (χ2n) is 10.1. The van der Waals surface area contributed by atoms with Crippen LogP contribution < -0.4 is 9.47 Å². The minimum atomic E-state index is -0.116. The number of morpholine rings is 1. The zero-order chi connectivity index (χ0) is 28.9. The first-order chi connectivity index (χ1) is 20.1. The molecule has 41 heavy (non-hydrogen) atoms. The molecule has 2 amide bonds. The Morgan fingerprint density at radius 3 is 2.34 bits per heavy atom. The van der Waals surface area contributed by atoms with Crippen LogP contribution in [0, 0.1) is 0 Å². The first-order valence-corrected chi connectivity index (χ1v) is 14.2. The van der Waals surface area contributed by atoms with Gasteiger partial charge in [0.15, 0.2) is 11.5 Å². The van der Waals surface area contributed by atoms with Crippen molar-refractivity contribution < 1.29 is 28.2 Å². The van der Waals surface area contributed by atoms with Crippen molar-refractivity contribution in [3.8, 4) is 11.5 Å². The maximum Gasteiger partial charge on any atom is 0.242 e. The summed E-state index contributed by atoms with van der Waals surface area (Å²) >= 11 is 0. The molecule has 1 fully saturated rings. The maximum atomic E-state index is 13.8. The van der Waals surface area contributed by atoms with Crippen molar-refractivity contribution >= 4 is 11.8 Å². The molecular formula is C32H41N3O6. The molecule has 2 heterocycles. The first-order valence-electron chi connectivity index (χ1n) is 14.2. The lowest BCUT2D eigenvalue weighted by molar-refractivity contribution is -0.140. The Bertz CT molecular complexity index is 1210. The van der Waals surface area contributed by atoms with E-state index in [-0.39, 0.29) is 24.8 Å². The summed E-state index contributed by atoms with van der Waals surface area (Å²) in [6, 6.07) is 19.1. The maximum absolute atomic E-state index is 13.8. The van der Waals surface area contributed by atoms with Crippen LogP contribution in [0.5, 0.6) is 11.5 Å². The second-order valence-corrected chi connectivity index (χ2v) is 10.1. The second kappa shape index (κ2) is 15.8. The molecule has 1 aliphatic heterocycles. The summed E-state index contributed by atoms with van der Waals surface area (Å²) in [6.45, 7) is 5.43. The molecule has 0 bridgehead atoms. The van der Waals surface area contributed by atoms with Gasteiger partial charge in [-0.3, -0.25) is 14.5 Å². The van der Waals surface area contributed by atoms with E-state index in [1.165, 1.54) is 0 Å². The Labute approximate surface area is 242 Å². The van der Waals surface area contributed by atoms with Gasteiger partial charge in [0, 0.05) is 32.7 Å². The van der Waals surface area contributed by atoms with Crippen LogP contribution in [0.1, 0.15) is 23.3 Å². The van der Waals surface area contributed by atoms with Gasteiger partial charge >= 0.3 is 0 Å². The summed E-state index contributed by atoms with van der Waals surface area (Å²) in [6.07, 6.45) is 3.27. The lowest BCUT2D eigenvalue weighted by Crippen LogP contribution is -2.45. The van der Waals surface area contributed by atoms with Crippen molar-refractivity contribution in [3.63, 3.8) is 0 Å². The van der Waals surface area contributed by atoms with E-state index in [9.17, 15) is 9.59 Å². The normalized spacial score (nSPS) is 13.5. The first kappa shape index (κ1) is 30.1. The number of carbonyl (C=O) groups is 2. The lowest BCUT2D eigenvalue weighted by Gasteiger charge is -2.30. The number of benzene rings is 2. The molecule has 0 atom stereocenters. The van der Waals surface area contributed by atoms with Crippen LogP contribution in [0.15, 0.2) is 71.3 Å². The number of amides is 2. The molecule has 1 aliphatic rings. The number of rotatable bonds is 15. The fourth-order valence-corrected chi connectivity index (χ4v) is 4.93. The summed E-state index contributed by atoms with van der Waals surface area (Å²) in [4.78, 5) is 33.0. The Hall–Kier alpha value is -3.82. The molecule has 0 aliphatic carbocycles. The summed E-state index contributed by atoms with van der Waals surface area (Å²) in [5.74, 6) is 1.83. The van der Waals surface area contributed by atoms with Crippen molar-refractivity contribution in [2.45, 2.75) is 25.8 Å². The van der Waals surface area contributed by atoms with Crippen LogP contribution in [0.3, 0.4) is 0 Å². The van der Waals surface area contributed by atoms with Gasteiger partial charge in [-0.1, -0.05) is 36.4 Å². The van der Waals surface area contributed by atoms with Crippen LogP contribution in [-0.4, -0.2) is 93.2 Å². The van der Waals surface area contributed by atoms with Crippen molar-refractivity contribution in [3.05, 3.63) is 83.8 Å². The van der Waals surface area contributed by atoms with Gasteiger partial charge in [-0.2, -0.15) is 0 Å². The average Bonchev–Trinajstić information content (AvgIpc) is 3.52. The molecule has 4 rings (SSSR count). The van der Waals surface area contributed by atoms with Crippen LogP contribution in [0.25, 0.3) is 0 Å². The van der Waals surface area contributed by atoms with E-state index in [0.717, 1.165) is 50.4 Å². The molecule has 9 heteroatoms. The number of hydrogen-bond acceptors (Lipinski definition) is 7. The molecule has 1 aromatic heterocycles. The third-order valence-corrected chi connectivity index (χ3v) is 7.28. The van der Waals surface area contributed by atoms with Gasteiger partial charge in [0.25, 0.3) is 0 Å². The number of nitrogens with zero attached hydrogens (tertiary/aromatic N) is 3. The Morgan fingerprint density at radius 2 is 1.63 bits per heavy atom.